The number of likely N-dealkylation sites (N-methyl/N-ethyl adjacent to an activating group) is 1. The van der Waals surface area contributed by atoms with Crippen LogP contribution in [0.5, 0.6) is 0 Å². The van der Waals surface area contributed by atoms with Crippen LogP contribution in [-0.4, -0.2) is 58.9 Å². The highest BCUT2D eigenvalue weighted by Gasteiger charge is 2.38. The van der Waals surface area contributed by atoms with E-state index in [1.807, 2.05) is 0 Å². The molecule has 2 rings (SSSR count). The minimum absolute atomic E-state index is 0.0171. The molecule has 0 aromatic carbocycles. The van der Waals surface area contributed by atoms with Crippen molar-refractivity contribution in [1.82, 2.24) is 9.80 Å². The van der Waals surface area contributed by atoms with Crippen molar-refractivity contribution in [2.75, 3.05) is 20.1 Å². The monoisotopic (exact) mass is 266 g/mol. The lowest BCUT2D eigenvalue weighted by molar-refractivity contribution is -0.149. The van der Waals surface area contributed by atoms with E-state index in [1.165, 1.54) is 24.3 Å². The van der Waals surface area contributed by atoms with Gasteiger partial charge in [0.2, 0.25) is 5.91 Å². The minimum Gasteiger partial charge on any atom is -0.480 e. The maximum Gasteiger partial charge on any atom is 0.328 e. The number of rotatable bonds is 2. The fraction of sp³-hybridized carbons (Fsp3) is 0.417. The molecule has 1 N–H and O–H groups in total. The standard InChI is InChI=1S/C12H14N2O5/c1-7-3-8(6-19-7)11(16)14-5-10(15)13(2)4-9(14)12(17)18/h3,6,9H,4-5H2,1-2H3,(H,17,18). The summed E-state index contributed by atoms with van der Waals surface area (Å²) in [7, 11) is 1.52. The Kier molecular flexibility index (Phi) is 3.28. The quantitative estimate of drug-likeness (QED) is 0.810. The molecule has 1 aliphatic heterocycles. The maximum absolute atomic E-state index is 12.2. The Labute approximate surface area is 109 Å². The summed E-state index contributed by atoms with van der Waals surface area (Å²) in [5.74, 6) is -1.37. The van der Waals surface area contributed by atoms with Gasteiger partial charge in [-0.25, -0.2) is 4.79 Å². The van der Waals surface area contributed by atoms with Crippen LogP contribution in [0.3, 0.4) is 0 Å². The zero-order chi connectivity index (χ0) is 14.2. The molecule has 1 aliphatic rings. The van der Waals surface area contributed by atoms with Crippen molar-refractivity contribution in [2.45, 2.75) is 13.0 Å². The number of carbonyl (C=O) groups excluding carboxylic acids is 2. The second-order valence-corrected chi connectivity index (χ2v) is 4.51. The molecule has 0 saturated carbocycles. The lowest BCUT2D eigenvalue weighted by atomic mass is 10.1. The number of furan rings is 1. The van der Waals surface area contributed by atoms with Gasteiger partial charge in [-0.15, -0.1) is 0 Å². The average molecular weight is 266 g/mol. The van der Waals surface area contributed by atoms with Gasteiger partial charge in [0.25, 0.3) is 5.91 Å². The minimum atomic E-state index is -1.13. The molecular weight excluding hydrogens is 252 g/mol. The third kappa shape index (κ3) is 2.44. The van der Waals surface area contributed by atoms with Crippen LogP contribution < -0.4 is 0 Å². The number of aliphatic carboxylic acids is 1. The van der Waals surface area contributed by atoms with Crippen LogP contribution in [0.15, 0.2) is 16.7 Å². The van der Waals surface area contributed by atoms with Gasteiger partial charge >= 0.3 is 5.97 Å². The summed E-state index contributed by atoms with van der Waals surface area (Å²) in [6, 6.07) is 0.481. The summed E-state index contributed by atoms with van der Waals surface area (Å²) in [4.78, 5) is 37.4. The Morgan fingerprint density at radius 2 is 2.16 bits per heavy atom. The van der Waals surface area contributed by atoms with E-state index in [2.05, 4.69) is 0 Å². The van der Waals surface area contributed by atoms with Crippen molar-refractivity contribution in [1.29, 1.82) is 0 Å². The van der Waals surface area contributed by atoms with E-state index >= 15 is 0 Å². The first-order chi connectivity index (χ1) is 8.90. The number of hydrogen-bond acceptors (Lipinski definition) is 4. The molecule has 19 heavy (non-hydrogen) atoms. The molecule has 0 aliphatic carbocycles. The zero-order valence-corrected chi connectivity index (χ0v) is 10.6. The molecule has 2 heterocycles. The SMILES string of the molecule is Cc1cc(C(=O)N2CC(=O)N(C)CC2C(=O)O)co1. The number of piperazine rings is 1. The average Bonchev–Trinajstić information content (AvgIpc) is 2.77. The Morgan fingerprint density at radius 3 is 2.68 bits per heavy atom. The second kappa shape index (κ2) is 4.75. The third-order valence-corrected chi connectivity index (χ3v) is 3.08. The molecule has 0 radical (unpaired) electrons. The van der Waals surface area contributed by atoms with Gasteiger partial charge in [0, 0.05) is 7.05 Å². The fourth-order valence-electron chi connectivity index (χ4n) is 1.98. The van der Waals surface area contributed by atoms with Crippen molar-refractivity contribution in [2.24, 2.45) is 0 Å². The molecule has 7 nitrogen and oxygen atoms in total. The van der Waals surface area contributed by atoms with Gasteiger partial charge in [-0.3, -0.25) is 9.59 Å². The first-order valence-corrected chi connectivity index (χ1v) is 5.73. The van der Waals surface area contributed by atoms with Crippen molar-refractivity contribution < 1.29 is 23.9 Å². The summed E-state index contributed by atoms with van der Waals surface area (Å²) in [5.41, 5.74) is 0.251. The van der Waals surface area contributed by atoms with Crippen LogP contribution in [0.25, 0.3) is 0 Å². The summed E-state index contributed by atoms with van der Waals surface area (Å²) >= 11 is 0. The van der Waals surface area contributed by atoms with Gasteiger partial charge in [0.15, 0.2) is 0 Å². The van der Waals surface area contributed by atoms with Gasteiger partial charge in [0.1, 0.15) is 24.6 Å². The van der Waals surface area contributed by atoms with E-state index in [9.17, 15) is 14.4 Å². The summed E-state index contributed by atoms with van der Waals surface area (Å²) in [5, 5.41) is 9.16. The molecule has 0 bridgehead atoms. The molecule has 0 spiro atoms. The number of nitrogens with zero attached hydrogens (tertiary/aromatic N) is 2. The van der Waals surface area contributed by atoms with E-state index < -0.39 is 17.9 Å². The van der Waals surface area contributed by atoms with E-state index in [4.69, 9.17) is 9.52 Å². The van der Waals surface area contributed by atoms with Crippen LogP contribution in [0.1, 0.15) is 16.1 Å². The van der Waals surface area contributed by atoms with E-state index in [0.29, 0.717) is 5.76 Å². The predicted octanol–water partition coefficient (Wildman–Crippen LogP) is -0.0446. The maximum atomic E-state index is 12.2. The largest absolute Gasteiger partial charge is 0.480 e. The number of carbonyl (C=O) groups is 3. The second-order valence-electron chi connectivity index (χ2n) is 4.51. The molecule has 2 amide bonds. The lowest BCUT2D eigenvalue weighted by Crippen LogP contribution is -2.59. The first kappa shape index (κ1) is 13.1. The van der Waals surface area contributed by atoms with Gasteiger partial charge in [-0.1, -0.05) is 0 Å². The van der Waals surface area contributed by atoms with Gasteiger partial charge in [-0.05, 0) is 13.0 Å². The number of aryl methyl sites for hydroxylation is 1. The molecule has 1 aromatic heterocycles. The summed E-state index contributed by atoms with van der Waals surface area (Å²) in [6.07, 6.45) is 1.26. The zero-order valence-electron chi connectivity index (χ0n) is 10.6. The molecular formula is C12H14N2O5. The van der Waals surface area contributed by atoms with Crippen molar-refractivity contribution >= 4 is 17.8 Å². The number of hydrogen-bond donors (Lipinski definition) is 1. The predicted molar refractivity (Wildman–Crippen MR) is 63.5 cm³/mol. The highest BCUT2D eigenvalue weighted by molar-refractivity contribution is 5.99. The third-order valence-electron chi connectivity index (χ3n) is 3.08. The number of carboxylic acids is 1. The van der Waals surface area contributed by atoms with E-state index in [-0.39, 0.29) is 24.6 Å². The van der Waals surface area contributed by atoms with Crippen molar-refractivity contribution in [3.05, 3.63) is 23.7 Å². The topological polar surface area (TPSA) is 91.1 Å². The molecule has 1 saturated heterocycles. The van der Waals surface area contributed by atoms with E-state index in [0.717, 1.165) is 4.90 Å². The number of amides is 2. The molecule has 7 heteroatoms. The lowest BCUT2D eigenvalue weighted by Gasteiger charge is -2.36. The van der Waals surface area contributed by atoms with Crippen molar-refractivity contribution in [3.8, 4) is 0 Å². The first-order valence-electron chi connectivity index (χ1n) is 5.73. The fourth-order valence-corrected chi connectivity index (χ4v) is 1.98. The van der Waals surface area contributed by atoms with Gasteiger partial charge < -0.3 is 19.3 Å². The van der Waals surface area contributed by atoms with Crippen LogP contribution in [0.2, 0.25) is 0 Å². The van der Waals surface area contributed by atoms with E-state index in [1.54, 1.807) is 6.92 Å². The Balaban J connectivity index is 2.27. The summed E-state index contributed by atoms with van der Waals surface area (Å²) in [6.45, 7) is 1.42. The van der Waals surface area contributed by atoms with Gasteiger partial charge in [-0.2, -0.15) is 0 Å². The molecule has 1 aromatic rings. The van der Waals surface area contributed by atoms with Crippen LogP contribution in [0.4, 0.5) is 0 Å². The van der Waals surface area contributed by atoms with Crippen LogP contribution in [0, 0.1) is 6.92 Å². The Hall–Kier alpha value is -2.31. The molecule has 1 atom stereocenters. The highest BCUT2D eigenvalue weighted by atomic mass is 16.4. The molecule has 1 fully saturated rings. The van der Waals surface area contributed by atoms with Crippen LogP contribution in [-0.2, 0) is 9.59 Å². The molecule has 1 unspecified atom stereocenters. The number of carboxylic acid groups (broad SMARTS) is 1. The Morgan fingerprint density at radius 1 is 1.47 bits per heavy atom. The Bertz CT molecular complexity index is 536. The van der Waals surface area contributed by atoms with Gasteiger partial charge in [0.05, 0.1) is 12.1 Å². The smallest absolute Gasteiger partial charge is 0.328 e. The highest BCUT2D eigenvalue weighted by Crippen LogP contribution is 2.16. The normalized spacial score (nSPS) is 19.7. The molecule has 102 valence electrons. The van der Waals surface area contributed by atoms with Crippen molar-refractivity contribution in [3.63, 3.8) is 0 Å². The summed E-state index contributed by atoms with van der Waals surface area (Å²) < 4.78 is 5.03. The van der Waals surface area contributed by atoms with Crippen LogP contribution >= 0.6 is 0 Å².